The van der Waals surface area contributed by atoms with Crippen LogP contribution in [-0.2, 0) is 20.7 Å². The Hall–Kier alpha value is -1.88. The summed E-state index contributed by atoms with van der Waals surface area (Å²) in [4.78, 5) is 25.5. The molecule has 120 valence electrons. The van der Waals surface area contributed by atoms with Gasteiger partial charge in [0.2, 0.25) is 5.91 Å². The summed E-state index contributed by atoms with van der Waals surface area (Å²) in [5.41, 5.74) is 1.24. The highest BCUT2D eigenvalue weighted by Gasteiger charge is 2.39. The summed E-state index contributed by atoms with van der Waals surface area (Å²) in [5.74, 6) is -0.778. The summed E-state index contributed by atoms with van der Waals surface area (Å²) in [7, 11) is 1.32. The minimum Gasteiger partial charge on any atom is -0.469 e. The number of methoxy groups -OCH3 is 1. The molecule has 1 aliphatic heterocycles. The van der Waals surface area contributed by atoms with Gasteiger partial charge in [0.05, 0.1) is 32.1 Å². The van der Waals surface area contributed by atoms with Crippen LogP contribution in [0, 0.1) is 5.92 Å². The molecule has 5 nitrogen and oxygen atoms in total. The maximum atomic E-state index is 12.4. The van der Waals surface area contributed by atoms with E-state index in [9.17, 15) is 14.7 Å². The molecule has 2 rings (SSSR count). The SMILES string of the molecule is COC(=O)C[C@@H]1C[C@@H](CO)N(CCCc2ccccc2)C1=O. The number of hydrogen-bond acceptors (Lipinski definition) is 4. The number of carbonyl (C=O) groups excluding carboxylic acids is 2. The largest absolute Gasteiger partial charge is 0.469 e. The third-order valence-electron chi connectivity index (χ3n) is 4.19. The molecule has 1 saturated heterocycles. The van der Waals surface area contributed by atoms with E-state index in [0.717, 1.165) is 12.8 Å². The van der Waals surface area contributed by atoms with Gasteiger partial charge >= 0.3 is 5.97 Å². The molecule has 0 radical (unpaired) electrons. The standard InChI is InChI=1S/C17H23NO4/c1-22-16(20)11-14-10-15(12-19)18(17(14)21)9-5-8-13-6-3-2-4-7-13/h2-4,6-7,14-15,19H,5,8-12H2,1H3/t14-,15-/m0/s1. The second-order valence-electron chi connectivity index (χ2n) is 5.67. The highest BCUT2D eigenvalue weighted by molar-refractivity contribution is 5.85. The van der Waals surface area contributed by atoms with Crippen molar-refractivity contribution in [3.05, 3.63) is 35.9 Å². The number of carbonyl (C=O) groups is 2. The highest BCUT2D eigenvalue weighted by Crippen LogP contribution is 2.27. The van der Waals surface area contributed by atoms with Crippen LogP contribution in [0.3, 0.4) is 0 Å². The van der Waals surface area contributed by atoms with Gasteiger partial charge in [-0.1, -0.05) is 30.3 Å². The molecular weight excluding hydrogens is 282 g/mol. The third-order valence-corrected chi connectivity index (χ3v) is 4.19. The molecule has 0 unspecified atom stereocenters. The van der Waals surface area contributed by atoms with Crippen LogP contribution in [0.1, 0.15) is 24.8 Å². The molecule has 1 aromatic carbocycles. The van der Waals surface area contributed by atoms with E-state index in [1.807, 2.05) is 18.2 Å². The Balaban J connectivity index is 1.88. The molecule has 0 saturated carbocycles. The lowest BCUT2D eigenvalue weighted by atomic mass is 10.0. The summed E-state index contributed by atoms with van der Waals surface area (Å²) in [6.07, 6.45) is 2.36. The van der Waals surface area contributed by atoms with Crippen molar-refractivity contribution in [2.45, 2.75) is 31.7 Å². The average Bonchev–Trinajstić information content (AvgIpc) is 2.84. The van der Waals surface area contributed by atoms with Gasteiger partial charge in [-0.3, -0.25) is 9.59 Å². The zero-order valence-corrected chi connectivity index (χ0v) is 12.9. The molecule has 0 spiro atoms. The van der Waals surface area contributed by atoms with E-state index in [-0.39, 0.29) is 36.9 Å². The van der Waals surface area contributed by atoms with Gasteiger partial charge in [-0.2, -0.15) is 0 Å². The molecule has 1 amide bonds. The molecule has 1 aromatic rings. The fourth-order valence-electron chi connectivity index (χ4n) is 2.99. The topological polar surface area (TPSA) is 66.8 Å². The molecule has 2 atom stereocenters. The van der Waals surface area contributed by atoms with E-state index in [0.29, 0.717) is 13.0 Å². The zero-order chi connectivity index (χ0) is 15.9. The van der Waals surface area contributed by atoms with Crippen LogP contribution in [0.15, 0.2) is 30.3 Å². The number of esters is 1. The smallest absolute Gasteiger partial charge is 0.306 e. The number of rotatable bonds is 7. The van der Waals surface area contributed by atoms with Crippen LogP contribution >= 0.6 is 0 Å². The molecule has 1 heterocycles. The van der Waals surface area contributed by atoms with Crippen molar-refractivity contribution in [2.24, 2.45) is 5.92 Å². The Morgan fingerprint density at radius 2 is 2.09 bits per heavy atom. The van der Waals surface area contributed by atoms with Crippen LogP contribution in [0.5, 0.6) is 0 Å². The quantitative estimate of drug-likeness (QED) is 0.773. The zero-order valence-electron chi connectivity index (χ0n) is 12.9. The van der Waals surface area contributed by atoms with Crippen LogP contribution < -0.4 is 0 Å². The van der Waals surface area contributed by atoms with Crippen LogP contribution in [-0.4, -0.2) is 48.2 Å². The number of nitrogens with zero attached hydrogens (tertiary/aromatic N) is 1. The third kappa shape index (κ3) is 4.07. The summed E-state index contributed by atoms with van der Waals surface area (Å²) in [6, 6.07) is 9.92. The first-order valence-corrected chi connectivity index (χ1v) is 7.67. The fourth-order valence-corrected chi connectivity index (χ4v) is 2.99. The predicted molar refractivity (Wildman–Crippen MR) is 82.1 cm³/mol. The Morgan fingerprint density at radius 1 is 1.36 bits per heavy atom. The van der Waals surface area contributed by atoms with Crippen molar-refractivity contribution >= 4 is 11.9 Å². The van der Waals surface area contributed by atoms with Gasteiger partial charge < -0.3 is 14.7 Å². The number of hydrogen-bond donors (Lipinski definition) is 1. The highest BCUT2D eigenvalue weighted by atomic mass is 16.5. The Labute approximate surface area is 130 Å². The predicted octanol–water partition coefficient (Wildman–Crippen LogP) is 1.39. The Bertz CT molecular complexity index is 503. The molecule has 22 heavy (non-hydrogen) atoms. The van der Waals surface area contributed by atoms with Crippen molar-refractivity contribution in [3.63, 3.8) is 0 Å². The first-order chi connectivity index (χ1) is 10.7. The number of aryl methyl sites for hydroxylation is 1. The number of ether oxygens (including phenoxy) is 1. The van der Waals surface area contributed by atoms with E-state index in [4.69, 9.17) is 0 Å². The second-order valence-corrected chi connectivity index (χ2v) is 5.67. The van der Waals surface area contributed by atoms with Gasteiger partial charge in [-0.15, -0.1) is 0 Å². The normalized spacial score (nSPS) is 21.2. The van der Waals surface area contributed by atoms with Crippen molar-refractivity contribution in [1.29, 1.82) is 0 Å². The molecular formula is C17H23NO4. The van der Waals surface area contributed by atoms with E-state index in [2.05, 4.69) is 16.9 Å². The summed E-state index contributed by atoms with van der Waals surface area (Å²) >= 11 is 0. The molecule has 1 aliphatic rings. The van der Waals surface area contributed by atoms with Crippen molar-refractivity contribution in [2.75, 3.05) is 20.3 Å². The van der Waals surface area contributed by atoms with Gasteiger partial charge in [0.1, 0.15) is 0 Å². The first-order valence-electron chi connectivity index (χ1n) is 7.67. The minimum absolute atomic E-state index is 0.0440. The van der Waals surface area contributed by atoms with Crippen molar-refractivity contribution in [1.82, 2.24) is 4.90 Å². The lowest BCUT2D eigenvalue weighted by molar-refractivity contribution is -0.144. The van der Waals surface area contributed by atoms with Crippen molar-refractivity contribution in [3.8, 4) is 0 Å². The van der Waals surface area contributed by atoms with E-state index >= 15 is 0 Å². The molecule has 1 fully saturated rings. The molecule has 0 bridgehead atoms. The van der Waals surface area contributed by atoms with Gasteiger partial charge in [0, 0.05) is 6.54 Å². The monoisotopic (exact) mass is 305 g/mol. The second kappa shape index (κ2) is 7.94. The number of likely N-dealkylation sites (tertiary alicyclic amines) is 1. The van der Waals surface area contributed by atoms with Gasteiger partial charge in [-0.25, -0.2) is 0 Å². The molecule has 1 N–H and O–H groups in total. The maximum absolute atomic E-state index is 12.4. The summed E-state index contributed by atoms with van der Waals surface area (Å²) < 4.78 is 4.63. The lowest BCUT2D eigenvalue weighted by Gasteiger charge is -2.23. The van der Waals surface area contributed by atoms with Crippen molar-refractivity contribution < 1.29 is 19.4 Å². The van der Waals surface area contributed by atoms with Crippen LogP contribution in [0.4, 0.5) is 0 Å². The minimum atomic E-state index is -0.374. The van der Waals surface area contributed by atoms with Gasteiger partial charge in [0.15, 0.2) is 0 Å². The number of aliphatic hydroxyl groups excluding tert-OH is 1. The summed E-state index contributed by atoms with van der Waals surface area (Å²) in [5, 5.41) is 9.47. The van der Waals surface area contributed by atoms with Crippen LogP contribution in [0.25, 0.3) is 0 Å². The lowest BCUT2D eigenvalue weighted by Crippen LogP contribution is -2.37. The Morgan fingerprint density at radius 3 is 2.73 bits per heavy atom. The molecule has 0 aromatic heterocycles. The number of amides is 1. The fraction of sp³-hybridized carbons (Fsp3) is 0.529. The first kappa shape index (κ1) is 16.5. The van der Waals surface area contributed by atoms with Crippen LogP contribution in [0.2, 0.25) is 0 Å². The molecule has 0 aliphatic carbocycles. The number of benzene rings is 1. The maximum Gasteiger partial charge on any atom is 0.306 e. The van der Waals surface area contributed by atoms with E-state index < -0.39 is 0 Å². The van der Waals surface area contributed by atoms with Gasteiger partial charge in [0.25, 0.3) is 0 Å². The average molecular weight is 305 g/mol. The Kier molecular flexibility index (Phi) is 5.95. The van der Waals surface area contributed by atoms with E-state index in [1.54, 1.807) is 4.90 Å². The number of aliphatic hydroxyl groups is 1. The van der Waals surface area contributed by atoms with E-state index in [1.165, 1.54) is 12.7 Å². The molecule has 5 heteroatoms. The van der Waals surface area contributed by atoms with Gasteiger partial charge in [-0.05, 0) is 24.8 Å². The summed E-state index contributed by atoms with van der Waals surface area (Å²) in [6.45, 7) is 0.547.